The monoisotopic (exact) mass is 252 g/mol. The highest BCUT2D eigenvalue weighted by molar-refractivity contribution is 7.12. The highest BCUT2D eigenvalue weighted by Crippen LogP contribution is 2.23. The maximum Gasteiger partial charge on any atom is 0.222 e. The minimum absolute atomic E-state index is 0.0317. The Morgan fingerprint density at radius 3 is 2.94 bits per heavy atom. The topological polar surface area (TPSA) is 46.3 Å². The van der Waals surface area contributed by atoms with Crippen LogP contribution in [0.15, 0.2) is 12.1 Å². The lowest BCUT2D eigenvalue weighted by molar-refractivity contribution is -0.130. The molecule has 1 aromatic rings. The zero-order valence-corrected chi connectivity index (χ0v) is 11.1. The first-order valence-electron chi connectivity index (χ1n) is 6.26. The van der Waals surface area contributed by atoms with Gasteiger partial charge in [-0.3, -0.25) is 4.79 Å². The summed E-state index contributed by atoms with van der Waals surface area (Å²) in [5.41, 5.74) is 6.17. The number of hydrogen-bond donors (Lipinski definition) is 1. The van der Waals surface area contributed by atoms with Crippen molar-refractivity contribution in [3.63, 3.8) is 0 Å². The fourth-order valence-electron chi connectivity index (χ4n) is 2.21. The van der Waals surface area contributed by atoms with Crippen LogP contribution in [0, 0.1) is 6.92 Å². The summed E-state index contributed by atoms with van der Waals surface area (Å²) in [4.78, 5) is 16.3. The summed E-state index contributed by atoms with van der Waals surface area (Å²) >= 11 is 1.73. The lowest BCUT2D eigenvalue weighted by Crippen LogP contribution is -2.36. The zero-order chi connectivity index (χ0) is 12.3. The third kappa shape index (κ3) is 3.30. The van der Waals surface area contributed by atoms with E-state index in [0.717, 1.165) is 25.8 Å². The number of nitrogens with two attached hydrogens (primary N) is 1. The van der Waals surface area contributed by atoms with Crippen LogP contribution >= 0.6 is 11.3 Å². The Kier molecular flexibility index (Phi) is 4.18. The van der Waals surface area contributed by atoms with E-state index in [1.165, 1.54) is 9.75 Å². The van der Waals surface area contributed by atoms with Gasteiger partial charge in [-0.2, -0.15) is 0 Å². The van der Waals surface area contributed by atoms with Gasteiger partial charge in [-0.1, -0.05) is 6.42 Å². The summed E-state index contributed by atoms with van der Waals surface area (Å²) < 4.78 is 0. The summed E-state index contributed by atoms with van der Waals surface area (Å²) in [6, 6.07) is 4.13. The average Bonchev–Trinajstić information content (AvgIpc) is 2.63. The molecule has 1 saturated heterocycles. The normalized spacial score (nSPS) is 19.2. The standard InChI is InChI=1S/C13H20N2OS/c1-10-6-7-12(17-10)11(14)9-15-8-4-2-3-5-13(15)16/h6-7,11H,2-5,8-9,14H2,1H3. The second-order valence-corrected chi connectivity index (χ2v) is 6.02. The molecule has 1 aliphatic rings. The lowest BCUT2D eigenvalue weighted by Gasteiger charge is -2.23. The number of carbonyl (C=O) groups excluding carboxylic acids is 1. The minimum atomic E-state index is -0.0317. The molecule has 0 spiro atoms. The Balaban J connectivity index is 1.97. The molecule has 0 saturated carbocycles. The molecule has 1 fully saturated rings. The van der Waals surface area contributed by atoms with Crippen molar-refractivity contribution in [3.05, 3.63) is 21.9 Å². The van der Waals surface area contributed by atoms with Crippen LogP contribution in [0.4, 0.5) is 0 Å². The number of rotatable bonds is 3. The van der Waals surface area contributed by atoms with Gasteiger partial charge in [0.15, 0.2) is 0 Å². The van der Waals surface area contributed by atoms with Gasteiger partial charge in [0.25, 0.3) is 0 Å². The number of aryl methyl sites for hydroxylation is 1. The maximum absolute atomic E-state index is 11.9. The van der Waals surface area contributed by atoms with Crippen molar-refractivity contribution in [3.8, 4) is 0 Å². The predicted octanol–water partition coefficient (Wildman–Crippen LogP) is 2.46. The summed E-state index contributed by atoms with van der Waals surface area (Å²) in [5.74, 6) is 0.270. The van der Waals surface area contributed by atoms with Crippen molar-refractivity contribution >= 4 is 17.2 Å². The zero-order valence-electron chi connectivity index (χ0n) is 10.3. The molecule has 0 radical (unpaired) electrons. The van der Waals surface area contributed by atoms with Crippen molar-refractivity contribution in [2.75, 3.05) is 13.1 Å². The molecule has 3 nitrogen and oxygen atoms in total. The third-order valence-electron chi connectivity index (χ3n) is 3.22. The van der Waals surface area contributed by atoms with Crippen LogP contribution < -0.4 is 5.73 Å². The van der Waals surface area contributed by atoms with Gasteiger partial charge in [0, 0.05) is 29.3 Å². The van der Waals surface area contributed by atoms with E-state index in [-0.39, 0.29) is 11.9 Å². The summed E-state index contributed by atoms with van der Waals surface area (Å²) in [6.07, 6.45) is 4.00. The van der Waals surface area contributed by atoms with Gasteiger partial charge in [0.1, 0.15) is 0 Å². The molecule has 2 rings (SSSR count). The number of amides is 1. The molecule has 4 heteroatoms. The molecule has 0 aliphatic carbocycles. The fourth-order valence-corrected chi connectivity index (χ4v) is 3.08. The molecule has 1 aromatic heterocycles. The Labute approximate surface area is 107 Å². The molecule has 1 unspecified atom stereocenters. The second-order valence-electron chi connectivity index (χ2n) is 4.71. The molecule has 2 N–H and O–H groups in total. The van der Waals surface area contributed by atoms with Gasteiger partial charge < -0.3 is 10.6 Å². The number of hydrogen-bond acceptors (Lipinski definition) is 3. The van der Waals surface area contributed by atoms with Crippen LogP contribution in [0.3, 0.4) is 0 Å². The molecule has 1 amide bonds. The van der Waals surface area contributed by atoms with Gasteiger partial charge in [0.05, 0.1) is 6.04 Å². The molecule has 0 bridgehead atoms. The minimum Gasteiger partial charge on any atom is -0.341 e. The van der Waals surface area contributed by atoms with Crippen LogP contribution in [-0.4, -0.2) is 23.9 Å². The van der Waals surface area contributed by atoms with Crippen molar-refractivity contribution in [1.29, 1.82) is 0 Å². The average molecular weight is 252 g/mol. The smallest absolute Gasteiger partial charge is 0.222 e. The van der Waals surface area contributed by atoms with E-state index in [0.29, 0.717) is 13.0 Å². The lowest BCUT2D eigenvalue weighted by atomic mass is 10.2. The number of nitrogens with zero attached hydrogens (tertiary/aromatic N) is 1. The van der Waals surface area contributed by atoms with Crippen molar-refractivity contribution in [2.24, 2.45) is 5.73 Å². The first kappa shape index (κ1) is 12.6. The Bertz CT molecular complexity index is 389. The quantitative estimate of drug-likeness (QED) is 0.898. The first-order chi connectivity index (χ1) is 8.16. The Morgan fingerprint density at radius 2 is 2.24 bits per heavy atom. The van der Waals surface area contributed by atoms with Crippen molar-refractivity contribution in [1.82, 2.24) is 4.90 Å². The summed E-state index contributed by atoms with van der Waals surface area (Å²) in [6.45, 7) is 3.62. The fraction of sp³-hybridized carbons (Fsp3) is 0.615. The summed E-state index contributed by atoms with van der Waals surface area (Å²) in [7, 11) is 0. The Morgan fingerprint density at radius 1 is 1.41 bits per heavy atom. The molecule has 17 heavy (non-hydrogen) atoms. The van der Waals surface area contributed by atoms with E-state index in [9.17, 15) is 4.79 Å². The van der Waals surface area contributed by atoms with Crippen molar-refractivity contribution in [2.45, 2.75) is 38.6 Å². The van der Waals surface area contributed by atoms with Crippen molar-refractivity contribution < 1.29 is 4.79 Å². The maximum atomic E-state index is 11.9. The molecule has 1 aliphatic heterocycles. The van der Waals surface area contributed by atoms with E-state index >= 15 is 0 Å². The van der Waals surface area contributed by atoms with Crippen LogP contribution in [0.1, 0.15) is 41.5 Å². The van der Waals surface area contributed by atoms with E-state index in [4.69, 9.17) is 5.73 Å². The van der Waals surface area contributed by atoms with Crippen LogP contribution in [0.5, 0.6) is 0 Å². The van der Waals surface area contributed by atoms with E-state index in [1.807, 2.05) is 4.90 Å². The van der Waals surface area contributed by atoms with Gasteiger partial charge in [-0.15, -0.1) is 11.3 Å². The molecule has 0 aromatic carbocycles. The van der Waals surface area contributed by atoms with E-state index < -0.39 is 0 Å². The van der Waals surface area contributed by atoms with E-state index in [2.05, 4.69) is 19.1 Å². The van der Waals surface area contributed by atoms with E-state index in [1.54, 1.807) is 11.3 Å². The predicted molar refractivity (Wildman–Crippen MR) is 71.0 cm³/mol. The number of carbonyl (C=O) groups is 1. The highest BCUT2D eigenvalue weighted by atomic mass is 32.1. The first-order valence-corrected chi connectivity index (χ1v) is 7.08. The molecular weight excluding hydrogens is 232 g/mol. The molecule has 94 valence electrons. The molecular formula is C13H20N2OS. The summed E-state index contributed by atoms with van der Waals surface area (Å²) in [5, 5.41) is 0. The van der Waals surface area contributed by atoms with Crippen LogP contribution in [-0.2, 0) is 4.79 Å². The highest BCUT2D eigenvalue weighted by Gasteiger charge is 2.20. The Hall–Kier alpha value is -0.870. The van der Waals surface area contributed by atoms with Gasteiger partial charge >= 0.3 is 0 Å². The van der Waals surface area contributed by atoms with Crippen LogP contribution in [0.2, 0.25) is 0 Å². The molecule has 1 atom stereocenters. The SMILES string of the molecule is Cc1ccc(C(N)CN2CCCCCC2=O)s1. The molecule has 2 heterocycles. The largest absolute Gasteiger partial charge is 0.341 e. The van der Waals surface area contributed by atoms with Gasteiger partial charge in [-0.25, -0.2) is 0 Å². The van der Waals surface area contributed by atoms with Gasteiger partial charge in [-0.05, 0) is 31.9 Å². The number of likely N-dealkylation sites (tertiary alicyclic amines) is 1. The van der Waals surface area contributed by atoms with Crippen LogP contribution in [0.25, 0.3) is 0 Å². The third-order valence-corrected chi connectivity index (χ3v) is 4.35. The number of thiophene rings is 1. The second kappa shape index (κ2) is 5.65. The van der Waals surface area contributed by atoms with Gasteiger partial charge in [0.2, 0.25) is 5.91 Å².